The van der Waals surface area contributed by atoms with Gasteiger partial charge >= 0.3 is 6.18 Å². The topological polar surface area (TPSA) is 81.7 Å². The third kappa shape index (κ3) is 3.31. The highest BCUT2D eigenvalue weighted by molar-refractivity contribution is 5.95. The van der Waals surface area contributed by atoms with Gasteiger partial charge in [0.15, 0.2) is 17.3 Å². The van der Waals surface area contributed by atoms with Crippen molar-refractivity contribution in [2.24, 2.45) is 0 Å². The van der Waals surface area contributed by atoms with E-state index in [1.165, 1.54) is 4.90 Å². The lowest BCUT2D eigenvalue weighted by molar-refractivity contribution is -0.143. The van der Waals surface area contributed by atoms with E-state index in [1.807, 2.05) is 6.92 Å². The molecule has 4 heterocycles. The molecule has 0 saturated carbocycles. The number of hydrogen-bond acceptors (Lipinski definition) is 5. The van der Waals surface area contributed by atoms with Crippen LogP contribution in [0.4, 0.5) is 17.6 Å². The van der Waals surface area contributed by atoms with Crippen LogP contribution in [0.3, 0.4) is 0 Å². The van der Waals surface area contributed by atoms with Crippen molar-refractivity contribution in [2.45, 2.75) is 45.6 Å². The molecule has 0 saturated heterocycles. The highest BCUT2D eigenvalue weighted by Crippen LogP contribution is 2.32. The first-order chi connectivity index (χ1) is 14.2. The Labute approximate surface area is 168 Å². The molecular weight excluding hydrogens is 406 g/mol. The van der Waals surface area contributed by atoms with Gasteiger partial charge < -0.3 is 4.90 Å². The Bertz CT molecular complexity index is 1100. The second-order valence-corrected chi connectivity index (χ2v) is 6.93. The minimum absolute atomic E-state index is 0.00701. The quantitative estimate of drug-likeness (QED) is 0.605. The van der Waals surface area contributed by atoms with Crippen molar-refractivity contribution in [3.63, 3.8) is 0 Å². The van der Waals surface area contributed by atoms with Gasteiger partial charge in [0, 0.05) is 37.5 Å². The molecule has 1 atom stereocenters. The lowest BCUT2D eigenvalue weighted by atomic mass is 10.0. The molecule has 1 aliphatic heterocycles. The molecule has 8 nitrogen and oxygen atoms in total. The van der Waals surface area contributed by atoms with Gasteiger partial charge in [-0.25, -0.2) is 9.37 Å². The minimum Gasteiger partial charge on any atom is -0.329 e. The molecule has 1 aliphatic rings. The number of carbonyl (C=O) groups is 1. The van der Waals surface area contributed by atoms with Gasteiger partial charge in [-0.15, -0.1) is 5.10 Å². The average Bonchev–Trinajstić information content (AvgIpc) is 3.32. The number of amides is 1. The maximum Gasteiger partial charge on any atom is 0.436 e. The Balaban J connectivity index is 1.64. The van der Waals surface area contributed by atoms with Crippen LogP contribution >= 0.6 is 0 Å². The fourth-order valence-corrected chi connectivity index (χ4v) is 3.42. The summed E-state index contributed by atoms with van der Waals surface area (Å²) in [5.74, 6) is -1.96. The van der Waals surface area contributed by atoms with Gasteiger partial charge in [0.05, 0.1) is 17.8 Å². The number of aromatic nitrogens is 6. The SMILES string of the molecule is CCn1ccc(-n2nnc3c2C[C@H](C)N(C(=O)c2ccnc(C(F)(F)F)c2F)C3)n1. The maximum absolute atomic E-state index is 14.4. The number of rotatable bonds is 3. The Morgan fingerprint density at radius 2 is 2.07 bits per heavy atom. The zero-order valence-corrected chi connectivity index (χ0v) is 16.1. The standard InChI is InChI=1S/C18H17F4N7O/c1-3-27-7-5-14(25-27)29-13-8-10(2)28(9-12(13)24-26-29)17(30)11-4-6-23-16(15(11)19)18(20,21)22/h4-7,10H,3,8-9H2,1-2H3/t10-/m0/s1. The van der Waals surface area contributed by atoms with E-state index in [0.717, 1.165) is 18.0 Å². The Hall–Kier alpha value is -3.31. The van der Waals surface area contributed by atoms with E-state index in [9.17, 15) is 22.4 Å². The van der Waals surface area contributed by atoms with E-state index in [4.69, 9.17) is 0 Å². The van der Waals surface area contributed by atoms with Gasteiger partial charge in [-0.2, -0.15) is 23.0 Å². The summed E-state index contributed by atoms with van der Waals surface area (Å²) in [5.41, 5.74) is -1.16. The van der Waals surface area contributed by atoms with Crippen LogP contribution in [-0.2, 0) is 25.7 Å². The second-order valence-electron chi connectivity index (χ2n) is 6.93. The van der Waals surface area contributed by atoms with Gasteiger partial charge in [-0.3, -0.25) is 9.48 Å². The summed E-state index contributed by atoms with van der Waals surface area (Å²) in [6.07, 6.45) is -2.08. The predicted molar refractivity (Wildman–Crippen MR) is 95.1 cm³/mol. The molecule has 0 bridgehead atoms. The van der Waals surface area contributed by atoms with E-state index in [1.54, 1.807) is 28.6 Å². The van der Waals surface area contributed by atoms with Gasteiger partial charge in [0.1, 0.15) is 5.69 Å². The first-order valence-corrected chi connectivity index (χ1v) is 9.20. The molecule has 0 aliphatic carbocycles. The van der Waals surface area contributed by atoms with Crippen LogP contribution in [0, 0.1) is 5.82 Å². The molecule has 0 N–H and O–H groups in total. The number of fused-ring (bicyclic) bond motifs is 1. The third-order valence-electron chi connectivity index (χ3n) is 5.00. The van der Waals surface area contributed by atoms with E-state index in [2.05, 4.69) is 20.4 Å². The van der Waals surface area contributed by atoms with Gasteiger partial charge in [0.2, 0.25) is 0 Å². The molecule has 4 rings (SSSR count). The first-order valence-electron chi connectivity index (χ1n) is 9.20. The fourth-order valence-electron chi connectivity index (χ4n) is 3.42. The molecule has 0 radical (unpaired) electrons. The zero-order chi connectivity index (χ0) is 21.6. The van der Waals surface area contributed by atoms with Crippen molar-refractivity contribution in [1.29, 1.82) is 0 Å². The monoisotopic (exact) mass is 423 g/mol. The van der Waals surface area contributed by atoms with E-state index in [0.29, 0.717) is 24.5 Å². The lowest BCUT2D eigenvalue weighted by Crippen LogP contribution is -2.43. The molecule has 158 valence electrons. The van der Waals surface area contributed by atoms with Crippen molar-refractivity contribution in [3.8, 4) is 5.82 Å². The highest BCUT2D eigenvalue weighted by atomic mass is 19.4. The molecule has 30 heavy (non-hydrogen) atoms. The van der Waals surface area contributed by atoms with Crippen molar-refractivity contribution in [3.05, 3.63) is 53.0 Å². The number of pyridine rings is 1. The average molecular weight is 423 g/mol. The second kappa shape index (κ2) is 7.18. The molecule has 3 aromatic rings. The number of hydrogen-bond donors (Lipinski definition) is 0. The Morgan fingerprint density at radius 3 is 2.73 bits per heavy atom. The normalized spacial score (nSPS) is 16.6. The largest absolute Gasteiger partial charge is 0.436 e. The third-order valence-corrected chi connectivity index (χ3v) is 5.00. The predicted octanol–water partition coefficient (Wildman–Crippen LogP) is 2.62. The summed E-state index contributed by atoms with van der Waals surface area (Å²) in [6, 6.07) is 2.31. The molecular formula is C18H17F4N7O. The van der Waals surface area contributed by atoms with Crippen LogP contribution in [0.2, 0.25) is 0 Å². The van der Waals surface area contributed by atoms with Crippen LogP contribution in [0.25, 0.3) is 5.82 Å². The minimum atomic E-state index is -4.99. The first kappa shape index (κ1) is 20.0. The van der Waals surface area contributed by atoms with Gasteiger partial charge in [-0.1, -0.05) is 5.21 Å². The van der Waals surface area contributed by atoms with Crippen LogP contribution in [0.1, 0.15) is 41.3 Å². The number of alkyl halides is 3. The molecule has 12 heteroatoms. The number of halogens is 4. The van der Waals surface area contributed by atoms with Crippen molar-refractivity contribution >= 4 is 5.91 Å². The van der Waals surface area contributed by atoms with Crippen molar-refractivity contribution in [1.82, 2.24) is 34.7 Å². The molecule has 3 aromatic heterocycles. The van der Waals surface area contributed by atoms with E-state index >= 15 is 0 Å². The van der Waals surface area contributed by atoms with Crippen LogP contribution < -0.4 is 0 Å². The maximum atomic E-state index is 14.4. The van der Waals surface area contributed by atoms with E-state index in [-0.39, 0.29) is 6.54 Å². The van der Waals surface area contributed by atoms with Gasteiger partial charge in [-0.05, 0) is 19.9 Å². The smallest absolute Gasteiger partial charge is 0.329 e. The lowest BCUT2D eigenvalue weighted by Gasteiger charge is -2.33. The van der Waals surface area contributed by atoms with Crippen LogP contribution in [-0.4, -0.2) is 46.6 Å². The summed E-state index contributed by atoms with van der Waals surface area (Å²) < 4.78 is 56.5. The number of aryl methyl sites for hydroxylation is 1. The molecule has 1 amide bonds. The highest BCUT2D eigenvalue weighted by Gasteiger charge is 2.39. The van der Waals surface area contributed by atoms with Crippen LogP contribution in [0.15, 0.2) is 24.5 Å². The summed E-state index contributed by atoms with van der Waals surface area (Å²) in [6.45, 7) is 4.36. The van der Waals surface area contributed by atoms with Crippen molar-refractivity contribution < 1.29 is 22.4 Å². The number of carbonyl (C=O) groups excluding carboxylic acids is 1. The fraction of sp³-hybridized carbons (Fsp3) is 0.389. The molecule has 0 spiro atoms. The summed E-state index contributed by atoms with van der Waals surface area (Å²) >= 11 is 0. The van der Waals surface area contributed by atoms with E-state index < -0.39 is 35.2 Å². The van der Waals surface area contributed by atoms with Crippen LogP contribution in [0.5, 0.6) is 0 Å². The summed E-state index contributed by atoms with van der Waals surface area (Å²) in [7, 11) is 0. The molecule has 0 aromatic carbocycles. The molecule has 0 fully saturated rings. The Morgan fingerprint density at radius 1 is 1.30 bits per heavy atom. The van der Waals surface area contributed by atoms with Gasteiger partial charge in [0.25, 0.3) is 5.91 Å². The zero-order valence-electron chi connectivity index (χ0n) is 16.1. The Kier molecular flexibility index (Phi) is 4.79. The van der Waals surface area contributed by atoms with Crippen molar-refractivity contribution in [2.75, 3.05) is 0 Å². The molecule has 0 unspecified atom stereocenters. The summed E-state index contributed by atoms with van der Waals surface area (Å²) in [4.78, 5) is 17.2. The number of nitrogens with zero attached hydrogens (tertiary/aromatic N) is 7. The summed E-state index contributed by atoms with van der Waals surface area (Å²) in [5, 5.41) is 12.6.